The van der Waals surface area contributed by atoms with Crippen LogP contribution in [0.3, 0.4) is 0 Å². The Hall–Kier alpha value is -1.68. The molecule has 6 heteroatoms. The molecule has 1 aromatic carbocycles. The van der Waals surface area contributed by atoms with Crippen molar-refractivity contribution in [2.45, 2.75) is 18.9 Å². The van der Waals surface area contributed by atoms with E-state index in [4.69, 9.17) is 0 Å². The van der Waals surface area contributed by atoms with E-state index in [-0.39, 0.29) is 6.42 Å². The highest BCUT2D eigenvalue weighted by atomic mass is 19.4. The third kappa shape index (κ3) is 3.47. The fourth-order valence-electron chi connectivity index (χ4n) is 1.13. The lowest BCUT2D eigenvalue weighted by molar-refractivity contribution is -0.137. The fourth-order valence-corrected chi connectivity index (χ4v) is 1.13. The number of nitrogens with zero attached hydrogens (tertiary/aromatic N) is 1. The summed E-state index contributed by atoms with van der Waals surface area (Å²) in [6.07, 6.45) is -5.38. The van der Waals surface area contributed by atoms with Gasteiger partial charge in [0, 0.05) is 6.42 Å². The van der Waals surface area contributed by atoms with E-state index in [0.29, 0.717) is 5.56 Å². The summed E-state index contributed by atoms with van der Waals surface area (Å²) in [5.41, 5.74) is -0.468. The van der Waals surface area contributed by atoms with Gasteiger partial charge in [0.15, 0.2) is 0 Å². The summed E-state index contributed by atoms with van der Waals surface area (Å²) in [6.45, 7) is 0. The van der Waals surface area contributed by atoms with Crippen LogP contribution in [0.5, 0.6) is 0 Å². The second-order valence-electron chi connectivity index (χ2n) is 3.05. The molecule has 0 radical (unpaired) electrons. The predicted molar refractivity (Wildman–Crippen MR) is 48.2 cm³/mol. The Labute approximate surface area is 88.6 Å². The van der Waals surface area contributed by atoms with Crippen molar-refractivity contribution in [1.29, 1.82) is 0 Å². The smallest absolute Gasteiger partial charge is 0.221 e. The molecular formula is C10H7F4NO. The molecule has 1 unspecified atom stereocenters. The Morgan fingerprint density at radius 1 is 1.25 bits per heavy atom. The van der Waals surface area contributed by atoms with Gasteiger partial charge in [-0.2, -0.15) is 18.2 Å². The first-order valence-corrected chi connectivity index (χ1v) is 4.30. The van der Waals surface area contributed by atoms with Crippen LogP contribution >= 0.6 is 0 Å². The highest BCUT2D eigenvalue weighted by molar-refractivity contribution is 5.33. The van der Waals surface area contributed by atoms with Gasteiger partial charge < -0.3 is 0 Å². The van der Waals surface area contributed by atoms with Gasteiger partial charge in [-0.3, -0.25) is 0 Å². The first-order chi connectivity index (χ1) is 7.43. The van der Waals surface area contributed by atoms with Crippen LogP contribution in [0, 0.1) is 0 Å². The van der Waals surface area contributed by atoms with E-state index < -0.39 is 18.0 Å². The molecule has 1 rings (SSSR count). The van der Waals surface area contributed by atoms with Crippen molar-refractivity contribution >= 4 is 6.08 Å². The highest BCUT2D eigenvalue weighted by Crippen LogP contribution is 2.29. The Balaban J connectivity index is 2.76. The maximum Gasteiger partial charge on any atom is 0.416 e. The van der Waals surface area contributed by atoms with Crippen LogP contribution in [0.15, 0.2) is 29.3 Å². The minimum Gasteiger partial charge on any atom is -0.221 e. The van der Waals surface area contributed by atoms with Gasteiger partial charge in [-0.15, -0.1) is 0 Å². The van der Waals surface area contributed by atoms with Crippen molar-refractivity contribution in [2.24, 2.45) is 4.99 Å². The summed E-state index contributed by atoms with van der Waals surface area (Å²) in [4.78, 5) is 12.5. The normalized spacial score (nSPS) is 13.0. The quantitative estimate of drug-likeness (QED) is 0.341. The van der Waals surface area contributed by atoms with Crippen LogP contribution in [0.1, 0.15) is 11.1 Å². The first-order valence-electron chi connectivity index (χ1n) is 4.30. The average Bonchev–Trinajstić information content (AvgIpc) is 2.17. The third-order valence-corrected chi connectivity index (χ3v) is 1.88. The lowest BCUT2D eigenvalue weighted by Gasteiger charge is -2.07. The van der Waals surface area contributed by atoms with E-state index in [2.05, 4.69) is 4.99 Å². The number of hydrogen-bond donors (Lipinski definition) is 0. The lowest BCUT2D eigenvalue weighted by atomic mass is 10.1. The summed E-state index contributed by atoms with van der Waals surface area (Å²) < 4.78 is 49.2. The number of carbonyl (C=O) groups excluding carboxylic acids is 1. The summed E-state index contributed by atoms with van der Waals surface area (Å²) in [5.74, 6) is 0. The van der Waals surface area contributed by atoms with E-state index in [9.17, 15) is 22.4 Å². The average molecular weight is 233 g/mol. The number of alkyl halides is 4. The molecule has 1 aromatic rings. The molecule has 0 heterocycles. The van der Waals surface area contributed by atoms with Crippen LogP contribution in [-0.4, -0.2) is 12.4 Å². The molecule has 0 saturated carbocycles. The topological polar surface area (TPSA) is 29.4 Å². The van der Waals surface area contributed by atoms with E-state index in [1.165, 1.54) is 0 Å². The van der Waals surface area contributed by atoms with E-state index >= 15 is 0 Å². The van der Waals surface area contributed by atoms with Crippen molar-refractivity contribution < 1.29 is 22.4 Å². The van der Waals surface area contributed by atoms with Gasteiger partial charge in [0.1, 0.15) is 0 Å². The Bertz CT molecular complexity index is 392. The van der Waals surface area contributed by atoms with Gasteiger partial charge >= 0.3 is 6.18 Å². The van der Waals surface area contributed by atoms with Crippen LogP contribution < -0.4 is 0 Å². The number of isocyanates is 1. The molecule has 16 heavy (non-hydrogen) atoms. The zero-order chi connectivity index (χ0) is 12.2. The maximum atomic E-state index is 12.8. The number of benzene rings is 1. The summed E-state index contributed by atoms with van der Waals surface area (Å²) in [6, 6.07) is 4.00. The molecule has 1 atom stereocenters. The number of hydrogen-bond acceptors (Lipinski definition) is 2. The minimum absolute atomic E-state index is 0.243. The standard InChI is InChI=1S/C10H7F4NO/c11-9(15-6-16)5-7-1-3-8(4-2-7)10(12,13)14/h1-4,9H,5H2. The molecule has 0 aliphatic rings. The SMILES string of the molecule is O=C=NC(F)Cc1ccc(C(F)(F)F)cc1. The van der Waals surface area contributed by atoms with Gasteiger partial charge in [0.2, 0.25) is 12.4 Å². The third-order valence-electron chi connectivity index (χ3n) is 1.88. The number of rotatable bonds is 3. The van der Waals surface area contributed by atoms with Gasteiger partial charge in [-0.05, 0) is 17.7 Å². The molecule has 2 nitrogen and oxygen atoms in total. The van der Waals surface area contributed by atoms with E-state index in [1.54, 1.807) is 0 Å². The molecule has 0 amide bonds. The predicted octanol–water partition coefficient (Wildman–Crippen LogP) is 2.88. The van der Waals surface area contributed by atoms with Crippen molar-refractivity contribution in [1.82, 2.24) is 0 Å². The van der Waals surface area contributed by atoms with Gasteiger partial charge in [0.25, 0.3) is 0 Å². The highest BCUT2D eigenvalue weighted by Gasteiger charge is 2.29. The minimum atomic E-state index is -4.41. The maximum absolute atomic E-state index is 12.8. The molecule has 0 aromatic heterocycles. The van der Waals surface area contributed by atoms with Crippen molar-refractivity contribution in [3.05, 3.63) is 35.4 Å². The van der Waals surface area contributed by atoms with Crippen molar-refractivity contribution in [2.75, 3.05) is 0 Å². The molecular weight excluding hydrogens is 226 g/mol. The Kier molecular flexibility index (Phi) is 3.79. The lowest BCUT2D eigenvalue weighted by Crippen LogP contribution is -2.06. The van der Waals surface area contributed by atoms with Crippen molar-refractivity contribution in [3.8, 4) is 0 Å². The molecule has 0 aliphatic carbocycles. The zero-order valence-corrected chi connectivity index (χ0v) is 7.96. The van der Waals surface area contributed by atoms with Crippen molar-refractivity contribution in [3.63, 3.8) is 0 Å². The molecule has 0 spiro atoms. The Morgan fingerprint density at radius 2 is 1.81 bits per heavy atom. The molecule has 0 N–H and O–H groups in total. The zero-order valence-electron chi connectivity index (χ0n) is 7.96. The largest absolute Gasteiger partial charge is 0.416 e. The van der Waals surface area contributed by atoms with Crippen LogP contribution in [0.2, 0.25) is 0 Å². The second-order valence-corrected chi connectivity index (χ2v) is 3.05. The van der Waals surface area contributed by atoms with Crippen LogP contribution in [0.4, 0.5) is 17.6 Å². The number of halogens is 4. The van der Waals surface area contributed by atoms with Gasteiger partial charge in [-0.1, -0.05) is 12.1 Å². The van der Waals surface area contributed by atoms with Crippen LogP contribution in [0.25, 0.3) is 0 Å². The molecule has 86 valence electrons. The number of aliphatic imine (C=N–C) groups is 1. The molecule has 0 bridgehead atoms. The van der Waals surface area contributed by atoms with E-state index in [0.717, 1.165) is 30.3 Å². The summed E-state index contributed by atoms with van der Waals surface area (Å²) >= 11 is 0. The molecule has 0 aliphatic heterocycles. The summed E-state index contributed by atoms with van der Waals surface area (Å²) in [5, 5.41) is 0. The van der Waals surface area contributed by atoms with Gasteiger partial charge in [-0.25, -0.2) is 9.18 Å². The molecule has 0 fully saturated rings. The molecule has 0 saturated heterocycles. The van der Waals surface area contributed by atoms with E-state index in [1.807, 2.05) is 0 Å². The second kappa shape index (κ2) is 4.90. The van der Waals surface area contributed by atoms with Crippen LogP contribution in [-0.2, 0) is 17.4 Å². The summed E-state index contributed by atoms with van der Waals surface area (Å²) in [7, 11) is 0. The first kappa shape index (κ1) is 12.4. The van der Waals surface area contributed by atoms with Gasteiger partial charge in [0.05, 0.1) is 5.56 Å². The fraction of sp³-hybridized carbons (Fsp3) is 0.300. The monoisotopic (exact) mass is 233 g/mol. The Morgan fingerprint density at radius 3 is 2.25 bits per heavy atom.